The van der Waals surface area contributed by atoms with Gasteiger partial charge in [0.25, 0.3) is 0 Å². The molecule has 27 heavy (non-hydrogen) atoms. The molecule has 0 saturated heterocycles. The number of carbonyl (C=O) groups is 2. The van der Waals surface area contributed by atoms with E-state index in [0.717, 1.165) is 25.7 Å². The molecular weight excluding hydrogens is 344 g/mol. The molecule has 5 heteroatoms. The van der Waals surface area contributed by atoms with E-state index in [1.54, 1.807) is 0 Å². The van der Waals surface area contributed by atoms with E-state index >= 15 is 0 Å². The zero-order valence-corrected chi connectivity index (χ0v) is 17.5. The summed E-state index contributed by atoms with van der Waals surface area (Å²) in [5.41, 5.74) is -1.27. The van der Waals surface area contributed by atoms with Crippen LogP contribution in [0.2, 0.25) is 0 Å². The van der Waals surface area contributed by atoms with Crippen molar-refractivity contribution in [2.24, 2.45) is 34.0 Å². The van der Waals surface area contributed by atoms with Gasteiger partial charge in [-0.3, -0.25) is 9.59 Å². The molecular formula is C22H36O5. The zero-order chi connectivity index (χ0) is 20.2. The number of hydrogen-bond donors (Lipinski definition) is 2. The van der Waals surface area contributed by atoms with E-state index in [9.17, 15) is 19.8 Å². The smallest absolute Gasteiger partial charge is 0.302 e. The highest BCUT2D eigenvalue weighted by Gasteiger charge is 2.68. The number of ketones is 1. The normalized spacial score (nSPS) is 49.9. The number of esters is 1. The summed E-state index contributed by atoms with van der Waals surface area (Å²) in [6.45, 7) is 9.78. The Kier molecular flexibility index (Phi) is 5.26. The van der Waals surface area contributed by atoms with Crippen molar-refractivity contribution in [3.63, 3.8) is 0 Å². The Bertz CT molecular complexity index is 618. The minimum Gasteiger partial charge on any atom is -0.462 e. The Morgan fingerprint density at radius 3 is 2.52 bits per heavy atom. The lowest BCUT2D eigenvalue weighted by molar-refractivity contribution is -0.214. The molecule has 3 aliphatic carbocycles. The van der Waals surface area contributed by atoms with Gasteiger partial charge in [0.1, 0.15) is 11.9 Å². The number of ether oxygens (including phenoxy) is 1. The molecule has 2 N–H and O–H groups in total. The molecule has 0 spiro atoms. The van der Waals surface area contributed by atoms with Gasteiger partial charge in [-0.15, -0.1) is 0 Å². The van der Waals surface area contributed by atoms with Gasteiger partial charge in [0, 0.05) is 42.6 Å². The Hall–Kier alpha value is -0.940. The average Bonchev–Trinajstić information content (AvgIpc) is 2.97. The van der Waals surface area contributed by atoms with E-state index in [2.05, 4.69) is 20.8 Å². The van der Waals surface area contributed by atoms with E-state index in [4.69, 9.17) is 4.74 Å². The van der Waals surface area contributed by atoms with E-state index in [0.29, 0.717) is 12.8 Å². The molecule has 0 aromatic carbocycles. The average molecular weight is 381 g/mol. The Morgan fingerprint density at radius 1 is 1.30 bits per heavy atom. The molecule has 3 fully saturated rings. The topological polar surface area (TPSA) is 83.8 Å². The number of aliphatic hydroxyl groups is 2. The molecule has 3 aliphatic rings. The van der Waals surface area contributed by atoms with Crippen LogP contribution in [0.1, 0.15) is 73.1 Å². The van der Waals surface area contributed by atoms with E-state index in [1.807, 2.05) is 6.92 Å². The Morgan fingerprint density at radius 2 is 1.96 bits per heavy atom. The fourth-order valence-corrected chi connectivity index (χ4v) is 7.11. The monoisotopic (exact) mass is 380 g/mol. The summed E-state index contributed by atoms with van der Waals surface area (Å²) in [6.07, 6.45) is 3.17. The molecule has 0 aromatic heterocycles. The van der Waals surface area contributed by atoms with Crippen molar-refractivity contribution in [1.82, 2.24) is 0 Å². The van der Waals surface area contributed by atoms with Gasteiger partial charge in [0.15, 0.2) is 0 Å². The molecule has 0 aromatic rings. The number of aliphatic hydroxyl groups excluding tert-OH is 2. The van der Waals surface area contributed by atoms with Crippen molar-refractivity contribution >= 4 is 11.8 Å². The van der Waals surface area contributed by atoms with Crippen LogP contribution in [0.15, 0.2) is 0 Å². The third-order valence-corrected chi connectivity index (χ3v) is 8.94. The number of hydrogen-bond acceptors (Lipinski definition) is 5. The number of Topliss-reactive ketones (excluding diaryl/α,β-unsaturated/α-hetero) is 1. The van der Waals surface area contributed by atoms with Gasteiger partial charge in [0.05, 0.1) is 6.10 Å². The van der Waals surface area contributed by atoms with Gasteiger partial charge < -0.3 is 14.9 Å². The largest absolute Gasteiger partial charge is 0.462 e. The quantitative estimate of drug-likeness (QED) is 0.735. The van der Waals surface area contributed by atoms with E-state index in [1.165, 1.54) is 6.92 Å². The number of rotatable bonds is 3. The first-order chi connectivity index (χ1) is 12.6. The van der Waals surface area contributed by atoms with Gasteiger partial charge in [-0.25, -0.2) is 0 Å². The molecule has 2 bridgehead atoms. The van der Waals surface area contributed by atoms with Crippen molar-refractivity contribution in [3.05, 3.63) is 0 Å². The van der Waals surface area contributed by atoms with Crippen LogP contribution < -0.4 is 0 Å². The predicted molar refractivity (Wildman–Crippen MR) is 102 cm³/mol. The second-order valence-electron chi connectivity index (χ2n) is 9.96. The van der Waals surface area contributed by atoms with Crippen LogP contribution in [0.5, 0.6) is 0 Å². The lowest BCUT2D eigenvalue weighted by Crippen LogP contribution is -2.63. The maximum absolute atomic E-state index is 13.1. The fraction of sp³-hybridized carbons (Fsp3) is 0.909. The van der Waals surface area contributed by atoms with Crippen LogP contribution in [0.3, 0.4) is 0 Å². The van der Waals surface area contributed by atoms with Gasteiger partial charge in [-0.05, 0) is 43.4 Å². The molecule has 0 heterocycles. The molecule has 0 amide bonds. The van der Waals surface area contributed by atoms with Gasteiger partial charge >= 0.3 is 5.97 Å². The van der Waals surface area contributed by atoms with Crippen LogP contribution in [0.4, 0.5) is 0 Å². The van der Waals surface area contributed by atoms with Crippen LogP contribution in [-0.2, 0) is 14.3 Å². The molecule has 154 valence electrons. The molecule has 4 unspecified atom stereocenters. The van der Waals surface area contributed by atoms with Gasteiger partial charge in [0.2, 0.25) is 0 Å². The summed E-state index contributed by atoms with van der Waals surface area (Å²) >= 11 is 0. The second-order valence-corrected chi connectivity index (χ2v) is 9.96. The van der Waals surface area contributed by atoms with Crippen molar-refractivity contribution in [1.29, 1.82) is 0 Å². The van der Waals surface area contributed by atoms with Crippen molar-refractivity contribution in [3.8, 4) is 0 Å². The van der Waals surface area contributed by atoms with E-state index < -0.39 is 11.5 Å². The second kappa shape index (κ2) is 6.84. The first-order valence-corrected chi connectivity index (χ1v) is 10.6. The summed E-state index contributed by atoms with van der Waals surface area (Å²) < 4.78 is 5.90. The van der Waals surface area contributed by atoms with Crippen molar-refractivity contribution in [2.45, 2.75) is 85.4 Å². The highest BCUT2D eigenvalue weighted by molar-refractivity contribution is 5.85. The SMILES string of the molecule is CC[C@]1(C)C[C@@H](O)[C@@]2(C)C3C(=O)CCC3(CC[C@H]2CO)C(C)C1OC(C)=O. The van der Waals surface area contributed by atoms with E-state index in [-0.39, 0.29) is 53.0 Å². The highest BCUT2D eigenvalue weighted by atomic mass is 16.5. The molecule has 3 saturated carbocycles. The molecule has 3 rings (SSSR count). The van der Waals surface area contributed by atoms with Crippen LogP contribution in [0, 0.1) is 34.0 Å². The molecule has 0 aliphatic heterocycles. The zero-order valence-electron chi connectivity index (χ0n) is 17.5. The minimum atomic E-state index is -0.711. The highest BCUT2D eigenvalue weighted by Crippen LogP contribution is 2.68. The maximum Gasteiger partial charge on any atom is 0.302 e. The lowest BCUT2D eigenvalue weighted by atomic mass is 9.43. The predicted octanol–water partition coefficient (Wildman–Crippen LogP) is 3.11. The third-order valence-electron chi connectivity index (χ3n) is 8.94. The first-order valence-electron chi connectivity index (χ1n) is 10.6. The number of carbonyl (C=O) groups excluding carboxylic acids is 2. The Labute approximate surface area is 162 Å². The summed E-state index contributed by atoms with van der Waals surface area (Å²) in [7, 11) is 0. The summed E-state index contributed by atoms with van der Waals surface area (Å²) in [6, 6.07) is 0. The minimum absolute atomic E-state index is 0.00197. The van der Waals surface area contributed by atoms with Crippen molar-refractivity contribution < 1.29 is 24.5 Å². The van der Waals surface area contributed by atoms with Gasteiger partial charge in [-0.2, -0.15) is 0 Å². The third kappa shape index (κ3) is 2.79. The van der Waals surface area contributed by atoms with Gasteiger partial charge in [-0.1, -0.05) is 27.7 Å². The lowest BCUT2D eigenvalue weighted by Gasteiger charge is -2.62. The summed E-state index contributed by atoms with van der Waals surface area (Å²) in [5.74, 6) is -0.408. The van der Waals surface area contributed by atoms with Crippen LogP contribution in [-0.4, -0.2) is 40.8 Å². The van der Waals surface area contributed by atoms with Crippen LogP contribution >= 0.6 is 0 Å². The van der Waals surface area contributed by atoms with Crippen molar-refractivity contribution in [2.75, 3.05) is 6.61 Å². The molecule has 0 radical (unpaired) electrons. The fourth-order valence-electron chi connectivity index (χ4n) is 7.11. The summed E-state index contributed by atoms with van der Waals surface area (Å²) in [4.78, 5) is 25.0. The Balaban J connectivity index is 2.20. The molecule has 8 atom stereocenters. The summed E-state index contributed by atoms with van der Waals surface area (Å²) in [5, 5.41) is 21.5. The standard InChI is InChI=1S/C22H36O5/c1-6-20(4)11-17(26)21(5)15(12-23)7-9-22(10-8-16(25)18(21)22)13(2)19(20)27-14(3)24/h13,15,17-19,23,26H,6-12H2,1-5H3/t13?,15-,17+,18?,19?,20+,21-,22?/m0/s1. The molecule has 5 nitrogen and oxygen atoms in total. The van der Waals surface area contributed by atoms with Crippen LogP contribution in [0.25, 0.3) is 0 Å². The maximum atomic E-state index is 13.1. The first kappa shape index (κ1) is 20.8.